The average Bonchev–Trinajstić information content (AvgIpc) is 2.60. The molecule has 2 heterocycles. The Morgan fingerprint density at radius 1 is 1.50 bits per heavy atom. The molecule has 0 aliphatic heterocycles. The lowest BCUT2D eigenvalue weighted by Gasteiger charge is -2.02. The highest BCUT2D eigenvalue weighted by molar-refractivity contribution is 14.1. The summed E-state index contributed by atoms with van der Waals surface area (Å²) in [7, 11) is 0. The summed E-state index contributed by atoms with van der Waals surface area (Å²) in [6.45, 7) is 1.79. The van der Waals surface area contributed by atoms with Crippen LogP contribution in [0.15, 0.2) is 24.4 Å². The third kappa shape index (κ3) is 2.06. The zero-order chi connectivity index (χ0) is 11.7. The Morgan fingerprint density at radius 2 is 2.25 bits per heavy atom. The number of aryl methyl sites for hydroxylation is 1. The third-order valence-electron chi connectivity index (χ3n) is 2.03. The van der Waals surface area contributed by atoms with E-state index in [4.69, 9.17) is 5.11 Å². The Kier molecular flexibility index (Phi) is 2.90. The van der Waals surface area contributed by atoms with Gasteiger partial charge in [0, 0.05) is 15.5 Å². The van der Waals surface area contributed by atoms with E-state index in [0.717, 1.165) is 9.26 Å². The number of aromatic carboxylic acids is 1. The van der Waals surface area contributed by atoms with Gasteiger partial charge in [0.2, 0.25) is 0 Å². The minimum absolute atomic E-state index is 0.0261. The monoisotopic (exact) mass is 329 g/mol. The number of pyridine rings is 1. The molecule has 2 rings (SSSR count). The highest BCUT2D eigenvalue weighted by atomic mass is 127. The van der Waals surface area contributed by atoms with Crippen LogP contribution in [0.4, 0.5) is 0 Å². The minimum atomic E-state index is -1.03. The molecule has 0 aliphatic rings. The number of carbonyl (C=O) groups is 1. The quantitative estimate of drug-likeness (QED) is 0.855. The van der Waals surface area contributed by atoms with Crippen LogP contribution in [-0.4, -0.2) is 25.8 Å². The molecule has 1 N–H and O–H groups in total. The topological polar surface area (TPSA) is 68.0 Å². The number of carboxylic acids is 1. The van der Waals surface area contributed by atoms with Crippen molar-refractivity contribution in [3.63, 3.8) is 0 Å². The smallest absolute Gasteiger partial charge is 0.356 e. The molecule has 82 valence electrons. The van der Waals surface area contributed by atoms with Gasteiger partial charge in [-0.2, -0.15) is 5.10 Å². The first-order valence-electron chi connectivity index (χ1n) is 4.50. The summed E-state index contributed by atoms with van der Waals surface area (Å²) in [4.78, 5) is 14.9. The van der Waals surface area contributed by atoms with Crippen LogP contribution >= 0.6 is 22.6 Å². The number of rotatable bonds is 2. The van der Waals surface area contributed by atoms with Gasteiger partial charge in [0.15, 0.2) is 11.5 Å². The number of aromatic nitrogens is 3. The van der Waals surface area contributed by atoms with E-state index in [0.29, 0.717) is 5.82 Å². The van der Waals surface area contributed by atoms with Crippen LogP contribution in [0, 0.1) is 10.5 Å². The summed E-state index contributed by atoms with van der Waals surface area (Å²) >= 11 is 2.17. The van der Waals surface area contributed by atoms with Crippen molar-refractivity contribution >= 4 is 28.6 Å². The van der Waals surface area contributed by atoms with Gasteiger partial charge in [0.1, 0.15) is 0 Å². The van der Waals surface area contributed by atoms with Crippen molar-refractivity contribution in [2.24, 2.45) is 0 Å². The van der Waals surface area contributed by atoms with Gasteiger partial charge in [-0.15, -0.1) is 0 Å². The molecule has 0 bridgehead atoms. The lowest BCUT2D eigenvalue weighted by atomic mass is 10.4. The van der Waals surface area contributed by atoms with Gasteiger partial charge in [-0.25, -0.2) is 14.5 Å². The molecule has 2 aromatic heterocycles. The molecule has 0 unspecified atom stereocenters. The summed E-state index contributed by atoms with van der Waals surface area (Å²) in [5.74, 6) is -0.413. The van der Waals surface area contributed by atoms with E-state index in [2.05, 4.69) is 32.7 Å². The van der Waals surface area contributed by atoms with Crippen LogP contribution in [0.1, 0.15) is 16.2 Å². The maximum Gasteiger partial charge on any atom is 0.356 e. The molecule has 0 fully saturated rings. The average molecular weight is 329 g/mol. The van der Waals surface area contributed by atoms with Crippen LogP contribution in [0.2, 0.25) is 0 Å². The molecule has 0 saturated heterocycles. The van der Waals surface area contributed by atoms with Crippen molar-refractivity contribution in [1.29, 1.82) is 0 Å². The molecule has 16 heavy (non-hydrogen) atoms. The third-order valence-corrected chi connectivity index (χ3v) is 2.70. The molecular formula is C10H8IN3O2. The van der Waals surface area contributed by atoms with E-state index in [9.17, 15) is 4.79 Å². The second-order valence-corrected chi connectivity index (χ2v) is 4.47. The van der Waals surface area contributed by atoms with Gasteiger partial charge in [0.25, 0.3) is 0 Å². The molecular weight excluding hydrogens is 321 g/mol. The predicted octanol–water partition coefficient (Wildman–Crippen LogP) is 1.88. The predicted molar refractivity (Wildman–Crippen MR) is 65.8 cm³/mol. The fraction of sp³-hybridized carbons (Fsp3) is 0.100. The number of nitrogens with zero attached hydrogens (tertiary/aromatic N) is 3. The normalized spacial score (nSPS) is 10.4. The summed E-state index contributed by atoms with van der Waals surface area (Å²) < 4.78 is 2.54. The van der Waals surface area contributed by atoms with E-state index in [1.54, 1.807) is 13.1 Å². The molecule has 0 amide bonds. The number of hydrogen-bond donors (Lipinski definition) is 1. The van der Waals surface area contributed by atoms with Crippen molar-refractivity contribution in [2.45, 2.75) is 6.92 Å². The highest BCUT2D eigenvalue weighted by Crippen LogP contribution is 2.12. The molecule has 0 radical (unpaired) electrons. The lowest BCUT2D eigenvalue weighted by Crippen LogP contribution is -2.04. The molecule has 6 heteroatoms. The molecule has 0 aromatic carbocycles. The number of carboxylic acid groups (broad SMARTS) is 1. The Labute approximate surface area is 105 Å². The minimum Gasteiger partial charge on any atom is -0.476 e. The van der Waals surface area contributed by atoms with Gasteiger partial charge in [-0.1, -0.05) is 0 Å². The molecule has 2 aromatic rings. The van der Waals surface area contributed by atoms with E-state index < -0.39 is 5.97 Å². The Bertz CT molecular complexity index is 551. The van der Waals surface area contributed by atoms with Crippen molar-refractivity contribution in [3.8, 4) is 5.82 Å². The van der Waals surface area contributed by atoms with Gasteiger partial charge in [-0.3, -0.25) is 0 Å². The summed E-state index contributed by atoms with van der Waals surface area (Å²) in [6.07, 6.45) is 1.67. The van der Waals surface area contributed by atoms with Crippen LogP contribution in [0.3, 0.4) is 0 Å². The summed E-state index contributed by atoms with van der Waals surface area (Å²) in [5.41, 5.74) is 0.769. The van der Waals surface area contributed by atoms with E-state index in [1.165, 1.54) is 10.7 Å². The molecule has 0 saturated carbocycles. The second kappa shape index (κ2) is 4.20. The first-order valence-corrected chi connectivity index (χ1v) is 5.57. The molecule has 0 atom stereocenters. The van der Waals surface area contributed by atoms with E-state index in [1.807, 2.05) is 12.1 Å². The number of halogens is 1. The van der Waals surface area contributed by atoms with Crippen molar-refractivity contribution in [2.75, 3.05) is 0 Å². The van der Waals surface area contributed by atoms with E-state index >= 15 is 0 Å². The Morgan fingerprint density at radius 3 is 2.81 bits per heavy atom. The second-order valence-electron chi connectivity index (χ2n) is 3.22. The summed E-state index contributed by atoms with van der Waals surface area (Å²) in [5, 5.41) is 12.8. The van der Waals surface area contributed by atoms with E-state index in [-0.39, 0.29) is 5.69 Å². The Balaban J connectivity index is 2.52. The van der Waals surface area contributed by atoms with Crippen LogP contribution in [0.5, 0.6) is 0 Å². The van der Waals surface area contributed by atoms with Crippen molar-refractivity contribution in [3.05, 3.63) is 39.4 Å². The van der Waals surface area contributed by atoms with Crippen molar-refractivity contribution < 1.29 is 9.90 Å². The Hall–Kier alpha value is -1.44. The maximum absolute atomic E-state index is 10.8. The zero-order valence-corrected chi connectivity index (χ0v) is 10.5. The fourth-order valence-corrected chi connectivity index (χ4v) is 1.76. The zero-order valence-electron chi connectivity index (χ0n) is 8.38. The first-order chi connectivity index (χ1) is 7.58. The van der Waals surface area contributed by atoms with Crippen LogP contribution in [0.25, 0.3) is 5.82 Å². The van der Waals surface area contributed by atoms with Crippen LogP contribution in [-0.2, 0) is 0 Å². The fourth-order valence-electron chi connectivity index (χ4n) is 1.32. The maximum atomic E-state index is 10.8. The first kappa shape index (κ1) is 11.1. The molecule has 5 nitrogen and oxygen atoms in total. The van der Waals surface area contributed by atoms with Gasteiger partial charge in [-0.05, 0) is 47.7 Å². The van der Waals surface area contributed by atoms with Crippen molar-refractivity contribution in [1.82, 2.24) is 14.8 Å². The van der Waals surface area contributed by atoms with Gasteiger partial charge >= 0.3 is 5.97 Å². The lowest BCUT2D eigenvalue weighted by molar-refractivity contribution is 0.0690. The number of hydrogen-bond acceptors (Lipinski definition) is 3. The van der Waals surface area contributed by atoms with Gasteiger partial charge in [0.05, 0.1) is 0 Å². The molecule has 0 spiro atoms. The van der Waals surface area contributed by atoms with Gasteiger partial charge < -0.3 is 5.11 Å². The largest absolute Gasteiger partial charge is 0.476 e. The standard InChI is InChI=1S/C10H8IN3O2/c1-6-4-8(10(15)16)13-14(6)9-5-7(11)2-3-12-9/h2-5H,1H3,(H,15,16). The SMILES string of the molecule is Cc1cc(C(=O)O)nn1-c1cc(I)ccn1. The summed E-state index contributed by atoms with van der Waals surface area (Å²) in [6, 6.07) is 5.22. The highest BCUT2D eigenvalue weighted by Gasteiger charge is 2.12. The molecule has 0 aliphatic carbocycles. The van der Waals surface area contributed by atoms with Crippen LogP contribution < -0.4 is 0 Å².